The Labute approximate surface area is 88.0 Å². The van der Waals surface area contributed by atoms with Crippen LogP contribution in [0.5, 0.6) is 5.75 Å². The number of aryl methyl sites for hydroxylation is 1. The van der Waals surface area contributed by atoms with E-state index in [9.17, 15) is 4.79 Å². The summed E-state index contributed by atoms with van der Waals surface area (Å²) < 4.78 is 10.6. The zero-order valence-electron chi connectivity index (χ0n) is 8.53. The number of hydrogen-bond donors (Lipinski definition) is 1. The molecule has 0 bridgehead atoms. The van der Waals surface area contributed by atoms with Gasteiger partial charge < -0.3 is 15.2 Å². The highest BCUT2D eigenvalue weighted by Crippen LogP contribution is 2.24. The van der Waals surface area contributed by atoms with Gasteiger partial charge >= 0.3 is 0 Å². The monoisotopic (exact) mass is 207 g/mol. The van der Waals surface area contributed by atoms with E-state index in [4.69, 9.17) is 15.2 Å². The van der Waals surface area contributed by atoms with Crippen molar-refractivity contribution in [2.45, 2.75) is 13.0 Å². The standard InChI is InChI=1S/C11H13NO3/c1-7-3-2-4-9(11(12)13)10(7)15-6-8-5-14-8/h2-4,8H,5-6H2,1H3,(H2,12,13)/t8-/m0/s1. The Morgan fingerprint density at radius 3 is 3.00 bits per heavy atom. The van der Waals surface area contributed by atoms with Gasteiger partial charge in [0.05, 0.1) is 12.2 Å². The van der Waals surface area contributed by atoms with Gasteiger partial charge in [-0.3, -0.25) is 4.79 Å². The van der Waals surface area contributed by atoms with Crippen LogP contribution in [0.15, 0.2) is 18.2 Å². The molecular formula is C11H13NO3. The lowest BCUT2D eigenvalue weighted by atomic mass is 10.1. The fourth-order valence-electron chi connectivity index (χ4n) is 1.38. The molecule has 1 aromatic carbocycles. The van der Waals surface area contributed by atoms with E-state index >= 15 is 0 Å². The van der Waals surface area contributed by atoms with Crippen LogP contribution in [-0.4, -0.2) is 25.2 Å². The fraction of sp³-hybridized carbons (Fsp3) is 0.364. The van der Waals surface area contributed by atoms with Gasteiger partial charge in [0.25, 0.3) is 5.91 Å². The van der Waals surface area contributed by atoms with Crippen LogP contribution in [0.25, 0.3) is 0 Å². The lowest BCUT2D eigenvalue weighted by molar-refractivity contribution is 0.0995. The smallest absolute Gasteiger partial charge is 0.252 e. The molecule has 1 amide bonds. The summed E-state index contributed by atoms with van der Waals surface area (Å²) in [6.07, 6.45) is 0.172. The summed E-state index contributed by atoms with van der Waals surface area (Å²) in [5, 5.41) is 0. The van der Waals surface area contributed by atoms with Gasteiger partial charge in [-0.1, -0.05) is 12.1 Å². The molecule has 1 aliphatic rings. The van der Waals surface area contributed by atoms with Crippen LogP contribution in [-0.2, 0) is 4.74 Å². The molecule has 1 fully saturated rings. The number of carbonyl (C=O) groups excluding carboxylic acids is 1. The van der Waals surface area contributed by atoms with Crippen molar-refractivity contribution in [1.29, 1.82) is 0 Å². The SMILES string of the molecule is Cc1cccc(C(N)=O)c1OC[C@@H]1CO1. The zero-order chi connectivity index (χ0) is 10.8. The maximum atomic E-state index is 11.1. The molecule has 4 heteroatoms. The summed E-state index contributed by atoms with van der Waals surface area (Å²) in [4.78, 5) is 11.1. The molecule has 15 heavy (non-hydrogen) atoms. The van der Waals surface area contributed by atoms with Crippen molar-refractivity contribution in [2.75, 3.05) is 13.2 Å². The summed E-state index contributed by atoms with van der Waals surface area (Å²) in [5.74, 6) is 0.103. The molecule has 80 valence electrons. The molecular weight excluding hydrogens is 194 g/mol. The Hall–Kier alpha value is -1.55. The fourth-order valence-corrected chi connectivity index (χ4v) is 1.38. The average Bonchev–Trinajstić information content (AvgIpc) is 2.99. The van der Waals surface area contributed by atoms with Crippen LogP contribution < -0.4 is 10.5 Å². The number of para-hydroxylation sites is 1. The lowest BCUT2D eigenvalue weighted by Crippen LogP contribution is -2.15. The molecule has 0 unspecified atom stereocenters. The highest BCUT2D eigenvalue weighted by atomic mass is 16.6. The van der Waals surface area contributed by atoms with Crippen LogP contribution >= 0.6 is 0 Å². The van der Waals surface area contributed by atoms with Gasteiger partial charge in [-0.2, -0.15) is 0 Å². The molecule has 0 radical (unpaired) electrons. The first-order valence-corrected chi connectivity index (χ1v) is 4.82. The van der Waals surface area contributed by atoms with Crippen molar-refractivity contribution < 1.29 is 14.3 Å². The molecule has 1 heterocycles. The van der Waals surface area contributed by atoms with Gasteiger partial charge in [-0.15, -0.1) is 0 Å². The molecule has 0 aromatic heterocycles. The van der Waals surface area contributed by atoms with Crippen LogP contribution in [0, 0.1) is 6.92 Å². The van der Waals surface area contributed by atoms with Crippen molar-refractivity contribution in [3.05, 3.63) is 29.3 Å². The normalized spacial score (nSPS) is 18.6. The third-order valence-corrected chi connectivity index (χ3v) is 2.29. The van der Waals surface area contributed by atoms with Gasteiger partial charge in [-0.05, 0) is 18.6 Å². The molecule has 1 saturated heterocycles. The Balaban J connectivity index is 2.20. The number of rotatable bonds is 4. The first kappa shape index (κ1) is 9.98. The number of amides is 1. The van der Waals surface area contributed by atoms with E-state index in [0.717, 1.165) is 12.2 Å². The number of primary amides is 1. The summed E-state index contributed by atoms with van der Waals surface area (Å²) in [6, 6.07) is 5.34. The summed E-state index contributed by atoms with van der Waals surface area (Å²) in [6.45, 7) is 3.10. The quantitative estimate of drug-likeness (QED) is 0.745. The molecule has 4 nitrogen and oxygen atoms in total. The summed E-state index contributed by atoms with van der Waals surface area (Å²) in [7, 11) is 0. The van der Waals surface area contributed by atoms with E-state index in [1.54, 1.807) is 12.1 Å². The minimum absolute atomic E-state index is 0.172. The molecule has 1 atom stereocenters. The number of hydrogen-bond acceptors (Lipinski definition) is 3. The van der Waals surface area contributed by atoms with Gasteiger partial charge in [0.15, 0.2) is 0 Å². The molecule has 1 aromatic rings. The van der Waals surface area contributed by atoms with Crippen LogP contribution in [0.4, 0.5) is 0 Å². The van der Waals surface area contributed by atoms with Crippen molar-refractivity contribution in [3.63, 3.8) is 0 Å². The van der Waals surface area contributed by atoms with Crippen LogP contribution in [0.1, 0.15) is 15.9 Å². The van der Waals surface area contributed by atoms with E-state index in [0.29, 0.717) is 17.9 Å². The molecule has 0 spiro atoms. The highest BCUT2D eigenvalue weighted by Gasteiger charge is 2.24. The molecule has 0 aliphatic carbocycles. The first-order chi connectivity index (χ1) is 7.18. The third kappa shape index (κ3) is 2.27. The Morgan fingerprint density at radius 1 is 1.67 bits per heavy atom. The predicted octanol–water partition coefficient (Wildman–Crippen LogP) is 0.872. The number of ether oxygens (including phenoxy) is 2. The molecule has 2 N–H and O–H groups in total. The second kappa shape index (κ2) is 3.90. The topological polar surface area (TPSA) is 64.9 Å². The van der Waals surface area contributed by atoms with E-state index in [1.807, 2.05) is 13.0 Å². The van der Waals surface area contributed by atoms with Gasteiger partial charge in [0.2, 0.25) is 0 Å². The highest BCUT2D eigenvalue weighted by molar-refractivity contribution is 5.96. The number of benzene rings is 1. The van der Waals surface area contributed by atoms with Crippen molar-refractivity contribution in [3.8, 4) is 5.75 Å². The predicted molar refractivity (Wildman–Crippen MR) is 54.9 cm³/mol. The van der Waals surface area contributed by atoms with Crippen molar-refractivity contribution in [1.82, 2.24) is 0 Å². The zero-order valence-corrected chi connectivity index (χ0v) is 8.53. The number of carbonyl (C=O) groups is 1. The van der Waals surface area contributed by atoms with Crippen molar-refractivity contribution >= 4 is 5.91 Å². The first-order valence-electron chi connectivity index (χ1n) is 4.82. The lowest BCUT2D eigenvalue weighted by Gasteiger charge is -2.10. The number of nitrogens with two attached hydrogens (primary N) is 1. The Morgan fingerprint density at radius 2 is 2.40 bits per heavy atom. The van der Waals surface area contributed by atoms with E-state index in [2.05, 4.69) is 0 Å². The minimum atomic E-state index is -0.467. The van der Waals surface area contributed by atoms with Gasteiger partial charge in [-0.25, -0.2) is 0 Å². The van der Waals surface area contributed by atoms with Crippen LogP contribution in [0.2, 0.25) is 0 Å². The maximum absolute atomic E-state index is 11.1. The van der Waals surface area contributed by atoms with Crippen molar-refractivity contribution in [2.24, 2.45) is 5.73 Å². The number of epoxide rings is 1. The third-order valence-electron chi connectivity index (χ3n) is 2.29. The maximum Gasteiger partial charge on any atom is 0.252 e. The second-order valence-corrected chi connectivity index (χ2v) is 3.58. The molecule has 1 aliphatic heterocycles. The summed E-state index contributed by atoms with van der Waals surface area (Å²) in [5.41, 5.74) is 6.59. The molecule has 2 rings (SSSR count). The minimum Gasteiger partial charge on any atom is -0.490 e. The average molecular weight is 207 g/mol. The van der Waals surface area contributed by atoms with E-state index in [1.165, 1.54) is 0 Å². The largest absolute Gasteiger partial charge is 0.490 e. The van der Waals surface area contributed by atoms with E-state index < -0.39 is 5.91 Å². The Kier molecular flexibility index (Phi) is 2.60. The molecule has 0 saturated carbocycles. The van der Waals surface area contributed by atoms with Gasteiger partial charge in [0.1, 0.15) is 18.5 Å². The Bertz CT molecular complexity index is 385. The van der Waals surface area contributed by atoms with Crippen LogP contribution in [0.3, 0.4) is 0 Å². The van der Waals surface area contributed by atoms with Gasteiger partial charge in [0, 0.05) is 0 Å². The summed E-state index contributed by atoms with van der Waals surface area (Å²) >= 11 is 0. The van der Waals surface area contributed by atoms with E-state index in [-0.39, 0.29) is 6.10 Å². The second-order valence-electron chi connectivity index (χ2n) is 3.58.